The van der Waals surface area contributed by atoms with Crippen LogP contribution in [0.1, 0.15) is 31.1 Å². The highest BCUT2D eigenvalue weighted by Crippen LogP contribution is 2.58. The second kappa shape index (κ2) is 7.44. The molecule has 25 heavy (non-hydrogen) atoms. The number of amides is 1. The normalized spacial score (nSPS) is 20.8. The van der Waals surface area contributed by atoms with Crippen LogP contribution in [-0.4, -0.2) is 24.0 Å². The van der Waals surface area contributed by atoms with Crippen LogP contribution in [0.5, 0.6) is 0 Å². The number of aromatic nitrogens is 1. The van der Waals surface area contributed by atoms with E-state index in [-0.39, 0.29) is 29.6 Å². The van der Waals surface area contributed by atoms with E-state index in [1.165, 1.54) is 4.88 Å². The molecule has 134 valence electrons. The Hall–Kier alpha value is -1.43. The Morgan fingerprint density at radius 1 is 1.32 bits per heavy atom. The number of piperidine rings is 1. The summed E-state index contributed by atoms with van der Waals surface area (Å²) in [5.74, 6) is 0.335. The summed E-state index contributed by atoms with van der Waals surface area (Å²) in [7, 11) is 0. The maximum absolute atomic E-state index is 12.6. The fourth-order valence-electron chi connectivity index (χ4n) is 3.85. The largest absolute Gasteiger partial charge is 0.317 e. The molecule has 0 bridgehead atoms. The number of hydrogen-bond acceptors (Lipinski definition) is 4. The summed E-state index contributed by atoms with van der Waals surface area (Å²) in [4.78, 5) is 18.6. The van der Waals surface area contributed by atoms with Gasteiger partial charge in [-0.1, -0.05) is 37.3 Å². The number of aryl methyl sites for hydroxylation is 1. The van der Waals surface area contributed by atoms with Gasteiger partial charge in [-0.25, -0.2) is 4.98 Å². The zero-order chi connectivity index (χ0) is 16.6. The predicted octanol–water partition coefficient (Wildman–Crippen LogP) is 4.12. The van der Waals surface area contributed by atoms with Crippen LogP contribution in [-0.2, 0) is 11.2 Å². The molecule has 4 nitrogen and oxygen atoms in total. The minimum atomic E-state index is 0. The van der Waals surface area contributed by atoms with Gasteiger partial charge in [0.15, 0.2) is 5.13 Å². The Morgan fingerprint density at radius 3 is 2.72 bits per heavy atom. The van der Waals surface area contributed by atoms with Crippen molar-refractivity contribution in [2.45, 2.75) is 32.6 Å². The molecule has 1 saturated heterocycles. The zero-order valence-corrected chi connectivity index (χ0v) is 16.0. The van der Waals surface area contributed by atoms with Crippen LogP contribution in [0.15, 0.2) is 30.3 Å². The molecule has 1 spiro atoms. The number of halogens is 1. The van der Waals surface area contributed by atoms with Crippen molar-refractivity contribution in [3.8, 4) is 11.3 Å². The minimum Gasteiger partial charge on any atom is -0.317 e. The fraction of sp³-hybridized carbons (Fsp3) is 0.474. The van der Waals surface area contributed by atoms with Crippen LogP contribution in [0, 0.1) is 11.3 Å². The van der Waals surface area contributed by atoms with Crippen molar-refractivity contribution in [2.75, 3.05) is 18.4 Å². The van der Waals surface area contributed by atoms with Crippen molar-refractivity contribution in [3.63, 3.8) is 0 Å². The molecule has 1 aliphatic heterocycles. The molecule has 1 aliphatic carbocycles. The van der Waals surface area contributed by atoms with Gasteiger partial charge in [-0.3, -0.25) is 4.79 Å². The molecule has 2 heterocycles. The van der Waals surface area contributed by atoms with Gasteiger partial charge in [0.2, 0.25) is 5.91 Å². The third-order valence-corrected chi connectivity index (χ3v) is 6.52. The molecule has 2 aromatic rings. The van der Waals surface area contributed by atoms with Crippen LogP contribution in [0.4, 0.5) is 5.13 Å². The smallest absolute Gasteiger partial charge is 0.229 e. The number of nitrogens with one attached hydrogen (secondary N) is 2. The minimum absolute atomic E-state index is 0. The average Bonchev–Trinajstić information content (AvgIpc) is 3.15. The number of rotatable bonds is 4. The molecule has 1 unspecified atom stereocenters. The van der Waals surface area contributed by atoms with Crippen molar-refractivity contribution in [1.82, 2.24) is 10.3 Å². The number of thiazole rings is 1. The standard InChI is InChI=1S/C19H23N3OS.ClH/c1-2-15-16(13-6-4-3-5-7-13)21-18(24-15)22-17(23)14-12-19(14)8-10-20-11-9-19;/h3-7,14,20H,2,8-12H2,1H3,(H,21,22,23);1H. The average molecular weight is 378 g/mol. The maximum atomic E-state index is 12.6. The monoisotopic (exact) mass is 377 g/mol. The zero-order valence-electron chi connectivity index (χ0n) is 14.4. The quantitative estimate of drug-likeness (QED) is 0.842. The molecule has 0 radical (unpaired) electrons. The summed E-state index contributed by atoms with van der Waals surface area (Å²) in [6, 6.07) is 10.2. The van der Waals surface area contributed by atoms with E-state index in [1.54, 1.807) is 11.3 Å². The van der Waals surface area contributed by atoms with Crippen molar-refractivity contribution >= 4 is 34.8 Å². The highest BCUT2D eigenvalue weighted by Gasteiger charge is 2.57. The third-order valence-electron chi connectivity index (χ3n) is 5.40. The van der Waals surface area contributed by atoms with Gasteiger partial charge in [0.1, 0.15) is 0 Å². The van der Waals surface area contributed by atoms with E-state index in [9.17, 15) is 4.79 Å². The van der Waals surface area contributed by atoms with Gasteiger partial charge in [0.05, 0.1) is 5.69 Å². The molecule has 1 saturated carbocycles. The van der Waals surface area contributed by atoms with E-state index < -0.39 is 0 Å². The number of hydrogen-bond donors (Lipinski definition) is 2. The highest BCUT2D eigenvalue weighted by molar-refractivity contribution is 7.16. The fourth-order valence-corrected chi connectivity index (χ4v) is 4.78. The molecule has 2 fully saturated rings. The van der Waals surface area contributed by atoms with Crippen molar-refractivity contribution in [2.24, 2.45) is 11.3 Å². The molecule has 2 N–H and O–H groups in total. The van der Waals surface area contributed by atoms with Crippen LogP contribution in [0.2, 0.25) is 0 Å². The first-order valence-corrected chi connectivity index (χ1v) is 9.60. The summed E-state index contributed by atoms with van der Waals surface area (Å²) < 4.78 is 0. The van der Waals surface area contributed by atoms with Gasteiger partial charge in [-0.15, -0.1) is 23.7 Å². The number of carbonyl (C=O) groups is 1. The Kier molecular flexibility index (Phi) is 5.46. The second-order valence-corrected chi connectivity index (χ2v) is 7.95. The molecular formula is C19H24ClN3OS. The number of anilines is 1. The van der Waals surface area contributed by atoms with Gasteiger partial charge in [0.25, 0.3) is 0 Å². The highest BCUT2D eigenvalue weighted by atomic mass is 35.5. The predicted molar refractivity (Wildman–Crippen MR) is 105 cm³/mol. The summed E-state index contributed by atoms with van der Waals surface area (Å²) in [6.07, 6.45) is 4.21. The van der Waals surface area contributed by atoms with Gasteiger partial charge >= 0.3 is 0 Å². The second-order valence-electron chi connectivity index (χ2n) is 6.87. The lowest BCUT2D eigenvalue weighted by atomic mass is 9.92. The first-order valence-electron chi connectivity index (χ1n) is 8.78. The first-order chi connectivity index (χ1) is 11.7. The van der Waals surface area contributed by atoms with Crippen molar-refractivity contribution < 1.29 is 4.79 Å². The Balaban J connectivity index is 0.00000182. The van der Waals surface area contributed by atoms with Crippen LogP contribution < -0.4 is 10.6 Å². The molecule has 1 aromatic heterocycles. The van der Waals surface area contributed by atoms with E-state index in [4.69, 9.17) is 4.98 Å². The number of benzene rings is 1. The molecule has 1 atom stereocenters. The van der Waals surface area contributed by atoms with Gasteiger partial charge in [0, 0.05) is 16.4 Å². The molecule has 1 amide bonds. The first kappa shape index (κ1) is 18.4. The summed E-state index contributed by atoms with van der Waals surface area (Å²) in [5, 5.41) is 7.21. The lowest BCUT2D eigenvalue weighted by molar-refractivity contribution is -0.118. The van der Waals surface area contributed by atoms with Crippen LogP contribution in [0.25, 0.3) is 11.3 Å². The third kappa shape index (κ3) is 3.59. The molecule has 1 aromatic carbocycles. The maximum Gasteiger partial charge on any atom is 0.229 e. The summed E-state index contributed by atoms with van der Waals surface area (Å²) in [6.45, 7) is 4.22. The van der Waals surface area contributed by atoms with Crippen LogP contribution >= 0.6 is 23.7 Å². The number of nitrogens with zero attached hydrogens (tertiary/aromatic N) is 1. The number of carbonyl (C=O) groups excluding carboxylic acids is 1. The van der Waals surface area contributed by atoms with E-state index in [1.807, 2.05) is 18.2 Å². The molecular weight excluding hydrogens is 354 g/mol. The van der Waals surface area contributed by atoms with E-state index >= 15 is 0 Å². The van der Waals surface area contributed by atoms with E-state index in [0.717, 1.165) is 55.2 Å². The van der Waals surface area contributed by atoms with Gasteiger partial charge in [-0.2, -0.15) is 0 Å². The summed E-state index contributed by atoms with van der Waals surface area (Å²) in [5.41, 5.74) is 2.39. The summed E-state index contributed by atoms with van der Waals surface area (Å²) >= 11 is 1.61. The molecule has 2 aliphatic rings. The lowest BCUT2D eigenvalue weighted by Gasteiger charge is -2.22. The molecule has 6 heteroatoms. The van der Waals surface area contributed by atoms with Crippen LogP contribution in [0.3, 0.4) is 0 Å². The van der Waals surface area contributed by atoms with Crippen molar-refractivity contribution in [1.29, 1.82) is 0 Å². The molecule has 4 rings (SSSR count). The SMILES string of the molecule is CCc1sc(NC(=O)C2CC23CCNCC3)nc1-c1ccccc1.Cl. The Morgan fingerprint density at radius 2 is 2.04 bits per heavy atom. The Labute approximate surface area is 158 Å². The van der Waals surface area contributed by atoms with Gasteiger partial charge < -0.3 is 10.6 Å². The topological polar surface area (TPSA) is 54.0 Å². The van der Waals surface area contributed by atoms with Crippen molar-refractivity contribution in [3.05, 3.63) is 35.2 Å². The van der Waals surface area contributed by atoms with Gasteiger partial charge in [-0.05, 0) is 44.2 Å². The van der Waals surface area contributed by atoms with E-state index in [0.29, 0.717) is 0 Å². The van der Waals surface area contributed by atoms with E-state index in [2.05, 4.69) is 29.7 Å². The lowest BCUT2D eigenvalue weighted by Crippen LogP contribution is -2.31. The Bertz CT molecular complexity index is 740.